The number of carbonyl (C=O) groups is 1. The molecule has 0 aliphatic carbocycles. The lowest BCUT2D eigenvalue weighted by Crippen LogP contribution is -2.25. The number of aromatic nitrogens is 2. The summed E-state index contributed by atoms with van der Waals surface area (Å²) in [7, 11) is -3.70. The summed E-state index contributed by atoms with van der Waals surface area (Å²) in [5.41, 5.74) is 3.21. The van der Waals surface area contributed by atoms with Crippen LogP contribution < -0.4 is 9.62 Å². The number of H-pyrrole nitrogens is 1. The Morgan fingerprint density at radius 3 is 2.70 bits per heavy atom. The van der Waals surface area contributed by atoms with Crippen LogP contribution in [0.25, 0.3) is 0 Å². The van der Waals surface area contributed by atoms with Crippen LogP contribution in [0.1, 0.15) is 23.9 Å². The number of hydrogen-bond donors (Lipinski definition) is 2. The van der Waals surface area contributed by atoms with Crippen molar-refractivity contribution in [3.63, 3.8) is 0 Å². The lowest BCUT2D eigenvalue weighted by atomic mass is 10.1. The van der Waals surface area contributed by atoms with Gasteiger partial charge in [-0.25, -0.2) is 8.42 Å². The summed E-state index contributed by atoms with van der Waals surface area (Å²) in [6.45, 7) is 5.46. The number of nitrogens with zero attached hydrogens (tertiary/aromatic N) is 2. The standard InChI is InChI=1S/C15H18N4O3S/c1-9-15(10(2)17-16-9)23(21,22)18-13-4-5-14-12(8-13)6-7-19(14)11(3)20/h4-5,8,18H,6-7H2,1-3H3,(H,16,17). The minimum atomic E-state index is -3.70. The van der Waals surface area contributed by atoms with E-state index in [1.807, 2.05) is 0 Å². The first-order chi connectivity index (χ1) is 10.8. The normalized spacial score (nSPS) is 14.0. The fourth-order valence-electron chi connectivity index (χ4n) is 2.94. The van der Waals surface area contributed by atoms with Crippen molar-refractivity contribution < 1.29 is 13.2 Å². The highest BCUT2D eigenvalue weighted by atomic mass is 32.2. The third kappa shape index (κ3) is 2.70. The molecule has 1 aliphatic heterocycles. The van der Waals surface area contributed by atoms with E-state index < -0.39 is 10.0 Å². The van der Waals surface area contributed by atoms with Gasteiger partial charge in [-0.15, -0.1) is 0 Å². The van der Waals surface area contributed by atoms with E-state index in [1.165, 1.54) is 6.92 Å². The number of anilines is 2. The predicted octanol–water partition coefficient (Wildman–Crippen LogP) is 1.74. The van der Waals surface area contributed by atoms with Gasteiger partial charge >= 0.3 is 0 Å². The number of fused-ring (bicyclic) bond motifs is 1. The van der Waals surface area contributed by atoms with E-state index in [2.05, 4.69) is 14.9 Å². The van der Waals surface area contributed by atoms with Crippen LogP contribution in [0.15, 0.2) is 23.1 Å². The Bertz CT molecular complexity index is 867. The molecule has 0 bridgehead atoms. The maximum Gasteiger partial charge on any atom is 0.265 e. The number of amides is 1. The maximum atomic E-state index is 12.5. The molecule has 3 rings (SSSR count). The van der Waals surface area contributed by atoms with Crippen LogP contribution in [0.5, 0.6) is 0 Å². The molecule has 8 heteroatoms. The second-order valence-electron chi connectivity index (χ2n) is 5.63. The maximum absolute atomic E-state index is 12.5. The Morgan fingerprint density at radius 1 is 1.35 bits per heavy atom. The fraction of sp³-hybridized carbons (Fsp3) is 0.333. The van der Waals surface area contributed by atoms with Crippen molar-refractivity contribution in [3.05, 3.63) is 35.2 Å². The summed E-state index contributed by atoms with van der Waals surface area (Å²) >= 11 is 0. The molecule has 23 heavy (non-hydrogen) atoms. The lowest BCUT2D eigenvalue weighted by Gasteiger charge is -2.15. The van der Waals surface area contributed by atoms with E-state index in [0.29, 0.717) is 30.0 Å². The second kappa shape index (κ2) is 5.38. The highest BCUT2D eigenvalue weighted by molar-refractivity contribution is 7.92. The van der Waals surface area contributed by atoms with E-state index in [-0.39, 0.29) is 10.8 Å². The SMILES string of the molecule is CC(=O)N1CCc2cc(NS(=O)(=O)c3c(C)n[nH]c3C)ccc21. The average molecular weight is 334 g/mol. The number of nitrogens with one attached hydrogen (secondary N) is 2. The zero-order valence-electron chi connectivity index (χ0n) is 13.2. The summed E-state index contributed by atoms with van der Waals surface area (Å²) in [6, 6.07) is 5.22. The molecular weight excluding hydrogens is 316 g/mol. The summed E-state index contributed by atoms with van der Waals surface area (Å²) < 4.78 is 27.7. The van der Waals surface area contributed by atoms with Crippen LogP contribution >= 0.6 is 0 Å². The molecule has 0 fully saturated rings. The van der Waals surface area contributed by atoms with Crippen LogP contribution in [0, 0.1) is 13.8 Å². The van der Waals surface area contributed by atoms with E-state index in [4.69, 9.17) is 0 Å². The van der Waals surface area contributed by atoms with Crippen molar-refractivity contribution in [2.45, 2.75) is 32.1 Å². The number of sulfonamides is 1. The van der Waals surface area contributed by atoms with Crippen molar-refractivity contribution in [1.29, 1.82) is 0 Å². The Hall–Kier alpha value is -2.35. The first kappa shape index (κ1) is 15.5. The number of hydrogen-bond acceptors (Lipinski definition) is 4. The summed E-state index contributed by atoms with van der Waals surface area (Å²) in [5.74, 6) is -0.0123. The van der Waals surface area contributed by atoms with Crippen LogP contribution in [0.4, 0.5) is 11.4 Å². The van der Waals surface area contributed by atoms with E-state index in [9.17, 15) is 13.2 Å². The van der Waals surface area contributed by atoms with Gasteiger partial charge in [0.1, 0.15) is 4.90 Å². The first-order valence-electron chi connectivity index (χ1n) is 7.25. The molecule has 1 amide bonds. The van der Waals surface area contributed by atoms with Gasteiger partial charge in [0.05, 0.1) is 11.4 Å². The Labute approximate surface area is 134 Å². The van der Waals surface area contributed by atoms with Gasteiger partial charge in [-0.1, -0.05) is 0 Å². The average Bonchev–Trinajstić information content (AvgIpc) is 3.01. The summed E-state index contributed by atoms with van der Waals surface area (Å²) in [4.78, 5) is 13.4. The van der Waals surface area contributed by atoms with Crippen LogP contribution in [-0.2, 0) is 21.2 Å². The molecule has 0 saturated heterocycles. The van der Waals surface area contributed by atoms with Crippen LogP contribution in [-0.4, -0.2) is 31.1 Å². The number of benzene rings is 1. The number of rotatable bonds is 3. The van der Waals surface area contributed by atoms with Gasteiger partial charge in [0.2, 0.25) is 5.91 Å². The van der Waals surface area contributed by atoms with Gasteiger partial charge in [0.15, 0.2) is 0 Å². The molecule has 7 nitrogen and oxygen atoms in total. The largest absolute Gasteiger partial charge is 0.312 e. The molecule has 0 spiro atoms. The lowest BCUT2D eigenvalue weighted by molar-refractivity contribution is -0.116. The van der Waals surface area contributed by atoms with Crippen molar-refractivity contribution in [1.82, 2.24) is 10.2 Å². The first-order valence-corrected chi connectivity index (χ1v) is 8.73. The minimum Gasteiger partial charge on any atom is -0.312 e. The van der Waals surface area contributed by atoms with Gasteiger partial charge in [0, 0.05) is 24.8 Å². The third-order valence-corrected chi connectivity index (χ3v) is 5.58. The molecule has 2 aromatic rings. The number of aryl methyl sites for hydroxylation is 2. The molecule has 0 saturated carbocycles. The monoisotopic (exact) mass is 334 g/mol. The zero-order chi connectivity index (χ0) is 16.8. The van der Waals surface area contributed by atoms with Crippen molar-refractivity contribution in [3.8, 4) is 0 Å². The molecule has 0 atom stereocenters. The van der Waals surface area contributed by atoms with E-state index in [0.717, 1.165) is 11.3 Å². The van der Waals surface area contributed by atoms with Crippen molar-refractivity contribution in [2.75, 3.05) is 16.2 Å². The molecular formula is C15H18N4O3S. The van der Waals surface area contributed by atoms with Gasteiger partial charge in [-0.2, -0.15) is 5.10 Å². The zero-order valence-corrected chi connectivity index (χ0v) is 14.0. The van der Waals surface area contributed by atoms with Crippen molar-refractivity contribution >= 4 is 27.3 Å². The molecule has 122 valence electrons. The molecule has 1 aromatic heterocycles. The smallest absolute Gasteiger partial charge is 0.265 e. The topological polar surface area (TPSA) is 95.2 Å². The molecule has 0 unspecified atom stereocenters. The second-order valence-corrected chi connectivity index (χ2v) is 7.25. The van der Waals surface area contributed by atoms with Gasteiger partial charge < -0.3 is 4.90 Å². The van der Waals surface area contributed by atoms with Crippen LogP contribution in [0.3, 0.4) is 0 Å². The third-order valence-electron chi connectivity index (χ3n) is 3.94. The Morgan fingerprint density at radius 2 is 2.09 bits per heavy atom. The Balaban J connectivity index is 1.92. The van der Waals surface area contributed by atoms with Gasteiger partial charge in [0.25, 0.3) is 10.0 Å². The molecule has 0 radical (unpaired) electrons. The predicted molar refractivity (Wildman–Crippen MR) is 87.0 cm³/mol. The molecule has 1 aliphatic rings. The van der Waals surface area contributed by atoms with E-state index >= 15 is 0 Å². The van der Waals surface area contributed by atoms with Gasteiger partial charge in [-0.3, -0.25) is 14.6 Å². The highest BCUT2D eigenvalue weighted by Crippen LogP contribution is 2.31. The van der Waals surface area contributed by atoms with Crippen molar-refractivity contribution in [2.24, 2.45) is 0 Å². The number of carbonyl (C=O) groups excluding carboxylic acids is 1. The molecule has 2 heterocycles. The molecule has 2 N–H and O–H groups in total. The minimum absolute atomic E-state index is 0.0123. The van der Waals surface area contributed by atoms with Crippen LogP contribution in [0.2, 0.25) is 0 Å². The Kier molecular flexibility index (Phi) is 3.63. The fourth-order valence-corrected chi connectivity index (χ4v) is 4.36. The highest BCUT2D eigenvalue weighted by Gasteiger charge is 2.25. The number of aromatic amines is 1. The van der Waals surface area contributed by atoms with Gasteiger partial charge in [-0.05, 0) is 44.0 Å². The van der Waals surface area contributed by atoms with E-state index in [1.54, 1.807) is 36.9 Å². The quantitative estimate of drug-likeness (QED) is 0.894. The summed E-state index contributed by atoms with van der Waals surface area (Å²) in [5, 5.41) is 6.60. The molecule has 1 aromatic carbocycles. The summed E-state index contributed by atoms with van der Waals surface area (Å²) in [6.07, 6.45) is 0.717.